The number of thiophene rings is 1. The van der Waals surface area contributed by atoms with Gasteiger partial charge in [0.05, 0.1) is 15.6 Å². The topological polar surface area (TPSA) is 20.3 Å². The summed E-state index contributed by atoms with van der Waals surface area (Å²) < 4.78 is 13.7. The maximum Gasteiger partial charge on any atom is 0.270 e. The first-order valence-corrected chi connectivity index (χ1v) is 8.72. The molecule has 3 rings (SSSR count). The van der Waals surface area contributed by atoms with E-state index in [0.29, 0.717) is 14.9 Å². The molecule has 2 aromatic rings. The number of carbonyl (C=O) groups excluding carboxylic acids is 1. The lowest BCUT2D eigenvalue weighted by Crippen LogP contribution is -2.27. The molecule has 0 aliphatic carbocycles. The Morgan fingerprint density at radius 1 is 1.36 bits per heavy atom. The van der Waals surface area contributed by atoms with Gasteiger partial charge >= 0.3 is 0 Å². The fourth-order valence-electron chi connectivity index (χ4n) is 1.97. The van der Waals surface area contributed by atoms with E-state index in [4.69, 9.17) is 23.8 Å². The van der Waals surface area contributed by atoms with Crippen molar-refractivity contribution in [3.8, 4) is 0 Å². The summed E-state index contributed by atoms with van der Waals surface area (Å²) in [6, 6.07) is 6.12. The zero-order valence-corrected chi connectivity index (χ0v) is 14.5. The average Bonchev–Trinajstić information content (AvgIpc) is 2.99. The smallest absolute Gasteiger partial charge is 0.268 e. The summed E-state index contributed by atoms with van der Waals surface area (Å²) >= 11 is 13.9. The number of thioether (sulfide) groups is 1. The minimum absolute atomic E-state index is 0.0374. The van der Waals surface area contributed by atoms with Gasteiger partial charge < -0.3 is 0 Å². The Hall–Kier alpha value is -1.21. The summed E-state index contributed by atoms with van der Waals surface area (Å²) in [5.74, 6) is -0.744. The maximum absolute atomic E-state index is 13.3. The Morgan fingerprint density at radius 3 is 2.77 bits per heavy atom. The molecule has 0 spiro atoms. The molecule has 1 amide bonds. The SMILES string of the molecule is Cc1ccsc1C=C1SC(=S)N(c2ccc(F)c(Cl)c2)C1=O. The molecular weight excluding hydrogens is 361 g/mol. The quantitative estimate of drug-likeness (QED) is 0.532. The Morgan fingerprint density at radius 2 is 2.14 bits per heavy atom. The van der Waals surface area contributed by atoms with Gasteiger partial charge in [-0.15, -0.1) is 11.3 Å². The van der Waals surface area contributed by atoms with E-state index in [-0.39, 0.29) is 10.9 Å². The van der Waals surface area contributed by atoms with Crippen molar-refractivity contribution in [2.24, 2.45) is 0 Å². The minimum atomic E-state index is -0.527. The largest absolute Gasteiger partial charge is 0.270 e. The molecule has 0 bridgehead atoms. The van der Waals surface area contributed by atoms with Crippen molar-refractivity contribution in [3.63, 3.8) is 0 Å². The maximum atomic E-state index is 13.3. The number of halogens is 2. The Kier molecular flexibility index (Phi) is 4.36. The number of hydrogen-bond donors (Lipinski definition) is 0. The first-order valence-electron chi connectivity index (χ1n) is 6.24. The van der Waals surface area contributed by atoms with Crippen molar-refractivity contribution in [3.05, 3.63) is 55.8 Å². The van der Waals surface area contributed by atoms with Crippen LogP contribution in [0.3, 0.4) is 0 Å². The van der Waals surface area contributed by atoms with Crippen LogP contribution in [0.2, 0.25) is 5.02 Å². The number of benzene rings is 1. The Balaban J connectivity index is 1.96. The van der Waals surface area contributed by atoms with Gasteiger partial charge in [-0.2, -0.15) is 0 Å². The van der Waals surface area contributed by atoms with E-state index in [2.05, 4.69) is 0 Å². The zero-order valence-electron chi connectivity index (χ0n) is 11.3. The molecule has 0 saturated carbocycles. The lowest BCUT2D eigenvalue weighted by Gasteiger charge is -2.14. The summed E-state index contributed by atoms with van der Waals surface area (Å²) in [6.45, 7) is 1.99. The molecule has 2 nitrogen and oxygen atoms in total. The van der Waals surface area contributed by atoms with Crippen molar-refractivity contribution < 1.29 is 9.18 Å². The second-order valence-corrected chi connectivity index (χ2v) is 7.61. The summed E-state index contributed by atoms with van der Waals surface area (Å²) in [4.78, 5) is 15.5. The third-order valence-corrected chi connectivity index (χ3v) is 5.68. The van der Waals surface area contributed by atoms with Crippen LogP contribution in [0.25, 0.3) is 6.08 Å². The van der Waals surface area contributed by atoms with E-state index in [9.17, 15) is 9.18 Å². The molecule has 2 heterocycles. The molecule has 0 atom stereocenters. The van der Waals surface area contributed by atoms with Crippen LogP contribution in [0.1, 0.15) is 10.4 Å². The van der Waals surface area contributed by atoms with E-state index in [1.807, 2.05) is 24.4 Å². The highest BCUT2D eigenvalue weighted by atomic mass is 35.5. The van der Waals surface area contributed by atoms with Gasteiger partial charge in [0.2, 0.25) is 0 Å². The third kappa shape index (κ3) is 2.84. The summed E-state index contributed by atoms with van der Waals surface area (Å²) in [7, 11) is 0. The van der Waals surface area contributed by atoms with E-state index in [1.54, 1.807) is 11.3 Å². The first kappa shape index (κ1) is 15.7. The predicted molar refractivity (Wildman–Crippen MR) is 96.1 cm³/mol. The number of hydrogen-bond acceptors (Lipinski definition) is 4. The molecule has 1 fully saturated rings. The number of anilines is 1. The monoisotopic (exact) mass is 369 g/mol. The number of rotatable bonds is 2. The number of amides is 1. The van der Waals surface area contributed by atoms with Gasteiger partial charge in [-0.3, -0.25) is 9.69 Å². The molecule has 1 aromatic heterocycles. The van der Waals surface area contributed by atoms with Crippen molar-refractivity contribution in [1.29, 1.82) is 0 Å². The number of thiocarbonyl (C=S) groups is 1. The second kappa shape index (κ2) is 6.12. The normalized spacial score (nSPS) is 16.9. The highest BCUT2D eigenvalue weighted by Gasteiger charge is 2.33. The van der Waals surface area contributed by atoms with Gasteiger partial charge in [0.15, 0.2) is 4.32 Å². The summed E-state index contributed by atoms with van der Waals surface area (Å²) in [5, 5.41) is 1.94. The minimum Gasteiger partial charge on any atom is -0.268 e. The molecule has 1 aliphatic rings. The van der Waals surface area contributed by atoms with Crippen LogP contribution in [-0.4, -0.2) is 10.2 Å². The number of nitrogens with zero attached hydrogens (tertiary/aromatic N) is 1. The fourth-order valence-corrected chi connectivity index (χ4v) is 4.35. The van der Waals surface area contributed by atoms with Gasteiger partial charge in [0, 0.05) is 4.88 Å². The molecule has 1 aliphatic heterocycles. The Labute approximate surface area is 145 Å². The van der Waals surface area contributed by atoms with Crippen LogP contribution in [0.4, 0.5) is 10.1 Å². The van der Waals surface area contributed by atoms with Crippen LogP contribution in [0.15, 0.2) is 34.6 Å². The highest BCUT2D eigenvalue weighted by Crippen LogP contribution is 2.37. The molecule has 7 heteroatoms. The molecular formula is C15H9ClFNOS3. The first-order chi connectivity index (χ1) is 10.5. The Bertz CT molecular complexity index is 815. The van der Waals surface area contributed by atoms with Crippen LogP contribution < -0.4 is 4.90 Å². The second-order valence-electron chi connectivity index (χ2n) is 4.58. The molecule has 0 radical (unpaired) electrons. The summed E-state index contributed by atoms with van der Waals surface area (Å²) in [5.41, 5.74) is 1.58. The lowest BCUT2D eigenvalue weighted by atomic mass is 10.2. The van der Waals surface area contributed by atoms with Crippen molar-refractivity contribution >= 4 is 68.9 Å². The number of aryl methyl sites for hydroxylation is 1. The van der Waals surface area contributed by atoms with Crippen LogP contribution in [0.5, 0.6) is 0 Å². The summed E-state index contributed by atoms with van der Waals surface area (Å²) in [6.07, 6.45) is 1.84. The molecule has 1 aromatic carbocycles. The zero-order chi connectivity index (χ0) is 15.9. The highest BCUT2D eigenvalue weighted by molar-refractivity contribution is 8.27. The third-order valence-electron chi connectivity index (χ3n) is 3.12. The van der Waals surface area contributed by atoms with Gasteiger partial charge in [-0.05, 0) is 48.2 Å². The fraction of sp³-hybridized carbons (Fsp3) is 0.0667. The van der Waals surface area contributed by atoms with Gasteiger partial charge in [-0.25, -0.2) is 4.39 Å². The molecule has 22 heavy (non-hydrogen) atoms. The van der Waals surface area contributed by atoms with Crippen LogP contribution >= 0.6 is 46.9 Å². The van der Waals surface area contributed by atoms with E-state index in [0.717, 1.165) is 10.4 Å². The molecule has 0 N–H and O–H groups in total. The van der Waals surface area contributed by atoms with E-state index >= 15 is 0 Å². The number of carbonyl (C=O) groups is 1. The van der Waals surface area contributed by atoms with Crippen molar-refractivity contribution in [2.45, 2.75) is 6.92 Å². The van der Waals surface area contributed by atoms with Gasteiger partial charge in [0.25, 0.3) is 5.91 Å². The van der Waals surface area contributed by atoms with Gasteiger partial charge in [0.1, 0.15) is 5.82 Å². The van der Waals surface area contributed by atoms with E-state index in [1.165, 1.54) is 34.9 Å². The van der Waals surface area contributed by atoms with Crippen molar-refractivity contribution in [1.82, 2.24) is 0 Å². The average molecular weight is 370 g/mol. The van der Waals surface area contributed by atoms with Crippen LogP contribution in [-0.2, 0) is 4.79 Å². The predicted octanol–water partition coefficient (Wildman–Crippen LogP) is 5.25. The lowest BCUT2D eigenvalue weighted by molar-refractivity contribution is -0.113. The van der Waals surface area contributed by atoms with Crippen LogP contribution in [0, 0.1) is 12.7 Å². The molecule has 0 unspecified atom stereocenters. The van der Waals surface area contributed by atoms with Gasteiger partial charge in [-0.1, -0.05) is 35.6 Å². The molecule has 1 saturated heterocycles. The van der Waals surface area contributed by atoms with Crippen molar-refractivity contribution in [2.75, 3.05) is 4.90 Å². The molecule has 112 valence electrons. The van der Waals surface area contributed by atoms with E-state index < -0.39 is 5.82 Å². The standard InChI is InChI=1S/C15H9ClFNOS3/c1-8-4-5-21-12(8)7-13-14(19)18(15(20)22-13)9-2-3-11(17)10(16)6-9/h2-7H,1H3.